The molecular formula is C9H8BrClN2O. The van der Waals surface area contributed by atoms with Gasteiger partial charge in [0.25, 0.3) is 5.91 Å². The Hall–Kier alpha value is -0.870. The second kappa shape index (κ2) is 5.12. The number of benzene rings is 1. The SMILES string of the molecule is CN(Cl)/C=N/C(=O)c1ccc(Br)cc1. The molecule has 0 N–H and O–H groups in total. The zero-order valence-electron chi connectivity index (χ0n) is 7.45. The van der Waals surface area contributed by atoms with Crippen LogP contribution in [0.25, 0.3) is 0 Å². The van der Waals surface area contributed by atoms with Gasteiger partial charge in [-0.05, 0) is 24.3 Å². The van der Waals surface area contributed by atoms with Crippen LogP contribution in [0, 0.1) is 0 Å². The van der Waals surface area contributed by atoms with Crippen LogP contribution in [0.4, 0.5) is 0 Å². The number of nitrogens with zero attached hydrogens (tertiary/aromatic N) is 2. The van der Waals surface area contributed by atoms with E-state index in [4.69, 9.17) is 11.8 Å². The Morgan fingerprint density at radius 2 is 2.07 bits per heavy atom. The summed E-state index contributed by atoms with van der Waals surface area (Å²) in [7, 11) is 1.58. The molecule has 0 saturated carbocycles. The molecule has 0 aliphatic rings. The lowest BCUT2D eigenvalue weighted by Crippen LogP contribution is -2.03. The molecule has 74 valence electrons. The number of amides is 1. The summed E-state index contributed by atoms with van der Waals surface area (Å²) in [6, 6.07) is 6.95. The third kappa shape index (κ3) is 3.47. The molecule has 3 nitrogen and oxygen atoms in total. The number of rotatable bonds is 2. The highest BCUT2D eigenvalue weighted by molar-refractivity contribution is 9.10. The molecule has 0 bridgehead atoms. The van der Waals surface area contributed by atoms with E-state index in [1.54, 1.807) is 31.3 Å². The highest BCUT2D eigenvalue weighted by Crippen LogP contribution is 2.11. The lowest BCUT2D eigenvalue weighted by atomic mass is 10.2. The summed E-state index contributed by atoms with van der Waals surface area (Å²) in [5, 5.41) is 0. The van der Waals surface area contributed by atoms with Gasteiger partial charge in [-0.3, -0.25) is 9.21 Å². The molecule has 1 amide bonds. The van der Waals surface area contributed by atoms with E-state index in [1.165, 1.54) is 10.8 Å². The van der Waals surface area contributed by atoms with Crippen LogP contribution >= 0.6 is 27.7 Å². The zero-order valence-corrected chi connectivity index (χ0v) is 9.79. The minimum Gasteiger partial charge on any atom is -0.278 e. The Bertz CT molecular complexity index is 348. The van der Waals surface area contributed by atoms with Crippen LogP contribution in [0.1, 0.15) is 10.4 Å². The topological polar surface area (TPSA) is 32.7 Å². The fraction of sp³-hybridized carbons (Fsp3) is 0.111. The molecule has 0 atom stereocenters. The standard InChI is InChI=1S/C9H8BrClN2O/c1-13(11)6-12-9(14)7-2-4-8(10)5-3-7/h2-6H,1H3/b12-6+. The van der Waals surface area contributed by atoms with Gasteiger partial charge in [-0.2, -0.15) is 4.99 Å². The van der Waals surface area contributed by atoms with Crippen LogP contribution in [-0.2, 0) is 0 Å². The van der Waals surface area contributed by atoms with E-state index >= 15 is 0 Å². The van der Waals surface area contributed by atoms with Crippen LogP contribution in [0.3, 0.4) is 0 Å². The first-order valence-corrected chi connectivity index (χ1v) is 4.95. The summed E-state index contributed by atoms with van der Waals surface area (Å²) in [5.41, 5.74) is 0.531. The van der Waals surface area contributed by atoms with Crippen molar-refractivity contribution in [1.82, 2.24) is 4.42 Å². The van der Waals surface area contributed by atoms with E-state index < -0.39 is 0 Å². The predicted molar refractivity (Wildman–Crippen MR) is 60.6 cm³/mol. The lowest BCUT2D eigenvalue weighted by Gasteiger charge is -1.98. The highest BCUT2D eigenvalue weighted by Gasteiger charge is 2.01. The van der Waals surface area contributed by atoms with Crippen molar-refractivity contribution < 1.29 is 4.79 Å². The van der Waals surface area contributed by atoms with Crippen molar-refractivity contribution in [3.63, 3.8) is 0 Å². The van der Waals surface area contributed by atoms with Gasteiger partial charge >= 0.3 is 0 Å². The molecule has 5 heteroatoms. The first kappa shape index (κ1) is 11.2. The number of halogens is 2. The summed E-state index contributed by atoms with van der Waals surface area (Å²) in [4.78, 5) is 15.0. The van der Waals surface area contributed by atoms with Crippen molar-refractivity contribution in [2.24, 2.45) is 4.99 Å². The van der Waals surface area contributed by atoms with E-state index in [1.807, 2.05) is 0 Å². The Balaban J connectivity index is 2.75. The fourth-order valence-electron chi connectivity index (χ4n) is 0.799. The summed E-state index contributed by atoms with van der Waals surface area (Å²) in [6.07, 6.45) is 1.26. The molecule has 1 aromatic rings. The number of aliphatic imine (C=N–C) groups is 1. The van der Waals surface area contributed by atoms with Gasteiger partial charge in [-0.15, -0.1) is 0 Å². The molecule has 1 rings (SSSR count). The Kier molecular flexibility index (Phi) is 4.10. The van der Waals surface area contributed by atoms with Gasteiger partial charge in [0.05, 0.1) is 0 Å². The first-order chi connectivity index (χ1) is 6.59. The van der Waals surface area contributed by atoms with Crippen LogP contribution in [0.2, 0.25) is 0 Å². The average Bonchev–Trinajstić information content (AvgIpc) is 2.15. The lowest BCUT2D eigenvalue weighted by molar-refractivity contribution is 0.100. The molecule has 0 aliphatic carbocycles. The molecule has 0 aromatic heterocycles. The van der Waals surface area contributed by atoms with Crippen molar-refractivity contribution in [1.29, 1.82) is 0 Å². The van der Waals surface area contributed by atoms with Crippen LogP contribution in [0.5, 0.6) is 0 Å². The third-order valence-electron chi connectivity index (χ3n) is 1.43. The smallest absolute Gasteiger partial charge is 0.278 e. The van der Waals surface area contributed by atoms with Crippen LogP contribution in [-0.4, -0.2) is 23.7 Å². The van der Waals surface area contributed by atoms with E-state index in [2.05, 4.69) is 20.9 Å². The molecule has 1 aromatic carbocycles. The van der Waals surface area contributed by atoms with E-state index in [0.29, 0.717) is 5.56 Å². The maximum atomic E-state index is 11.4. The molecule has 0 heterocycles. The average molecular weight is 276 g/mol. The molecule has 0 aliphatic heterocycles. The number of hydrogen-bond acceptors (Lipinski definition) is 1. The Labute approximate surface area is 95.6 Å². The van der Waals surface area contributed by atoms with Gasteiger partial charge in [0.1, 0.15) is 6.34 Å². The van der Waals surface area contributed by atoms with Crippen molar-refractivity contribution in [3.05, 3.63) is 34.3 Å². The van der Waals surface area contributed by atoms with Crippen molar-refractivity contribution in [2.45, 2.75) is 0 Å². The minimum absolute atomic E-state index is 0.315. The number of hydrogen-bond donors (Lipinski definition) is 0. The van der Waals surface area contributed by atoms with Crippen molar-refractivity contribution >= 4 is 40.0 Å². The molecule has 0 unspecified atom stereocenters. The van der Waals surface area contributed by atoms with Gasteiger partial charge in [-0.25, -0.2) is 0 Å². The molecule has 0 saturated heterocycles. The molecule has 0 spiro atoms. The fourth-order valence-corrected chi connectivity index (χ4v) is 1.11. The minimum atomic E-state index is -0.315. The zero-order chi connectivity index (χ0) is 10.6. The highest BCUT2D eigenvalue weighted by atomic mass is 79.9. The van der Waals surface area contributed by atoms with Crippen molar-refractivity contribution in [3.8, 4) is 0 Å². The van der Waals surface area contributed by atoms with E-state index in [9.17, 15) is 4.79 Å². The largest absolute Gasteiger partial charge is 0.278 e. The second-order valence-corrected chi connectivity index (χ2v) is 4.03. The van der Waals surface area contributed by atoms with Gasteiger partial charge in [-0.1, -0.05) is 15.9 Å². The summed E-state index contributed by atoms with van der Waals surface area (Å²) in [6.45, 7) is 0. The summed E-state index contributed by atoms with van der Waals surface area (Å²) in [5.74, 6) is -0.315. The van der Waals surface area contributed by atoms with E-state index in [-0.39, 0.29) is 5.91 Å². The van der Waals surface area contributed by atoms with Crippen LogP contribution in [0.15, 0.2) is 33.7 Å². The first-order valence-electron chi connectivity index (χ1n) is 3.82. The van der Waals surface area contributed by atoms with Crippen LogP contribution < -0.4 is 0 Å². The van der Waals surface area contributed by atoms with Gasteiger partial charge in [0.2, 0.25) is 0 Å². The molecule has 0 radical (unpaired) electrons. The predicted octanol–water partition coefficient (Wildman–Crippen LogP) is 2.70. The van der Waals surface area contributed by atoms with Crippen molar-refractivity contribution in [2.75, 3.05) is 7.05 Å². The summed E-state index contributed by atoms with van der Waals surface area (Å²) < 4.78 is 2.11. The number of carbonyl (C=O) groups excluding carboxylic acids is 1. The monoisotopic (exact) mass is 274 g/mol. The molecule has 14 heavy (non-hydrogen) atoms. The molecule has 0 fully saturated rings. The Morgan fingerprint density at radius 3 is 2.57 bits per heavy atom. The quantitative estimate of drug-likeness (QED) is 0.472. The Morgan fingerprint density at radius 1 is 1.50 bits per heavy atom. The summed E-state index contributed by atoms with van der Waals surface area (Å²) >= 11 is 8.74. The van der Waals surface area contributed by atoms with Gasteiger partial charge in [0.15, 0.2) is 0 Å². The number of carbonyl (C=O) groups is 1. The normalized spacial score (nSPS) is 10.5. The van der Waals surface area contributed by atoms with E-state index in [0.717, 1.165) is 4.47 Å². The third-order valence-corrected chi connectivity index (χ3v) is 2.04. The maximum Gasteiger partial charge on any atom is 0.278 e. The molecular weight excluding hydrogens is 267 g/mol. The van der Waals surface area contributed by atoms with Gasteiger partial charge in [0, 0.05) is 28.9 Å². The maximum absolute atomic E-state index is 11.4. The van der Waals surface area contributed by atoms with Gasteiger partial charge < -0.3 is 0 Å². The second-order valence-electron chi connectivity index (χ2n) is 2.58.